The molecule has 0 saturated carbocycles. The number of hydrogen-bond donors (Lipinski definition) is 1. The summed E-state index contributed by atoms with van der Waals surface area (Å²) in [6.45, 7) is 3.86. The van der Waals surface area contributed by atoms with Crippen molar-refractivity contribution >= 4 is 17.4 Å². The molecule has 0 saturated heterocycles. The van der Waals surface area contributed by atoms with Crippen LogP contribution in [-0.4, -0.2) is 15.3 Å². The van der Waals surface area contributed by atoms with E-state index < -0.39 is 0 Å². The Bertz CT molecular complexity index is 790. The van der Waals surface area contributed by atoms with Crippen molar-refractivity contribution in [3.05, 3.63) is 54.2 Å². The zero-order valence-electron chi connectivity index (χ0n) is 12.1. The van der Waals surface area contributed by atoms with Gasteiger partial charge in [-0.15, -0.1) is 0 Å². The maximum absolute atomic E-state index is 11.8. The van der Waals surface area contributed by atoms with Crippen LogP contribution >= 0.6 is 0 Å². The van der Waals surface area contributed by atoms with Gasteiger partial charge in [0.1, 0.15) is 17.2 Å². The minimum Gasteiger partial charge on any atom is -0.310 e. The Balaban J connectivity index is 2.25. The summed E-state index contributed by atoms with van der Waals surface area (Å²) < 4.78 is 1.94. The molecule has 2 heterocycles. The monoisotopic (exact) mass is 279 g/mol. The summed E-state index contributed by atoms with van der Waals surface area (Å²) in [7, 11) is 0. The molecule has 3 rings (SSSR count). The van der Waals surface area contributed by atoms with Gasteiger partial charge in [0.15, 0.2) is 0 Å². The van der Waals surface area contributed by atoms with Crippen molar-refractivity contribution in [2.45, 2.75) is 20.3 Å². The number of imidazole rings is 1. The fourth-order valence-electron chi connectivity index (χ4n) is 2.34. The molecule has 21 heavy (non-hydrogen) atoms. The van der Waals surface area contributed by atoms with E-state index in [1.54, 1.807) is 0 Å². The Kier molecular flexibility index (Phi) is 3.44. The summed E-state index contributed by atoms with van der Waals surface area (Å²) in [5, 5.41) is 2.97. The molecule has 1 aromatic carbocycles. The second-order valence-corrected chi connectivity index (χ2v) is 4.96. The number of nitrogens with zero attached hydrogens (tertiary/aromatic N) is 2. The fraction of sp³-hybridized carbons (Fsp3) is 0.176. The number of aromatic nitrogens is 2. The Labute approximate surface area is 123 Å². The minimum atomic E-state index is -0.0181. The zero-order chi connectivity index (χ0) is 14.8. The Morgan fingerprint density at radius 2 is 1.95 bits per heavy atom. The Morgan fingerprint density at radius 3 is 2.67 bits per heavy atom. The van der Waals surface area contributed by atoms with Crippen molar-refractivity contribution in [1.29, 1.82) is 0 Å². The van der Waals surface area contributed by atoms with Gasteiger partial charge >= 0.3 is 0 Å². The summed E-state index contributed by atoms with van der Waals surface area (Å²) in [6, 6.07) is 13.9. The van der Waals surface area contributed by atoms with Crippen LogP contribution in [0.25, 0.3) is 16.9 Å². The molecule has 4 nitrogen and oxygen atoms in total. The van der Waals surface area contributed by atoms with Crippen molar-refractivity contribution in [2.75, 3.05) is 5.32 Å². The Hall–Kier alpha value is -2.62. The molecule has 0 aliphatic rings. The van der Waals surface area contributed by atoms with Gasteiger partial charge in [-0.3, -0.25) is 9.20 Å². The topological polar surface area (TPSA) is 46.4 Å². The lowest BCUT2D eigenvalue weighted by molar-refractivity contribution is -0.115. The number of carbonyl (C=O) groups is 1. The highest BCUT2D eigenvalue weighted by atomic mass is 16.1. The molecule has 0 fully saturated rings. The first kappa shape index (κ1) is 13.4. The molecule has 0 atom stereocenters. The van der Waals surface area contributed by atoms with E-state index in [2.05, 4.69) is 5.32 Å². The van der Waals surface area contributed by atoms with Crippen molar-refractivity contribution in [2.24, 2.45) is 0 Å². The molecule has 0 aliphatic carbocycles. The average molecular weight is 279 g/mol. The van der Waals surface area contributed by atoms with E-state index >= 15 is 0 Å². The van der Waals surface area contributed by atoms with Gasteiger partial charge in [0.25, 0.3) is 0 Å². The standard InChI is InChI=1S/C17H17N3O/c1-3-14(21)18-17-15(13-9-5-4-6-10-13)19-16-12(2)8-7-11-20(16)17/h4-11H,3H2,1-2H3,(H,18,21). The van der Waals surface area contributed by atoms with Gasteiger partial charge < -0.3 is 5.32 Å². The van der Waals surface area contributed by atoms with E-state index in [9.17, 15) is 4.79 Å². The van der Waals surface area contributed by atoms with Crippen LogP contribution in [0.2, 0.25) is 0 Å². The third-order valence-corrected chi connectivity index (χ3v) is 3.47. The molecule has 0 unspecified atom stereocenters. The van der Waals surface area contributed by atoms with Crippen molar-refractivity contribution in [1.82, 2.24) is 9.38 Å². The van der Waals surface area contributed by atoms with Crippen molar-refractivity contribution in [3.8, 4) is 11.3 Å². The van der Waals surface area contributed by atoms with Crippen LogP contribution in [0, 0.1) is 6.92 Å². The predicted molar refractivity (Wildman–Crippen MR) is 84.3 cm³/mol. The number of amides is 1. The molecule has 2 aromatic heterocycles. The summed E-state index contributed by atoms with van der Waals surface area (Å²) in [4.78, 5) is 16.6. The van der Waals surface area contributed by atoms with Crippen LogP contribution in [0.4, 0.5) is 5.82 Å². The number of hydrogen-bond acceptors (Lipinski definition) is 2. The first-order valence-electron chi connectivity index (χ1n) is 7.03. The van der Waals surface area contributed by atoms with Gasteiger partial charge in [-0.05, 0) is 18.6 Å². The summed E-state index contributed by atoms with van der Waals surface area (Å²) >= 11 is 0. The number of anilines is 1. The number of benzene rings is 1. The molecule has 1 amide bonds. The van der Waals surface area contributed by atoms with Crippen molar-refractivity contribution in [3.63, 3.8) is 0 Å². The normalized spacial score (nSPS) is 10.8. The second kappa shape index (κ2) is 5.40. The maximum Gasteiger partial charge on any atom is 0.225 e. The average Bonchev–Trinajstić information content (AvgIpc) is 2.88. The van der Waals surface area contributed by atoms with Gasteiger partial charge in [-0.2, -0.15) is 0 Å². The van der Waals surface area contributed by atoms with Gasteiger partial charge in [0.05, 0.1) is 0 Å². The third kappa shape index (κ3) is 2.40. The van der Waals surface area contributed by atoms with Crippen LogP contribution in [0.3, 0.4) is 0 Å². The summed E-state index contributed by atoms with van der Waals surface area (Å²) in [5.41, 5.74) is 3.73. The van der Waals surface area contributed by atoms with E-state index in [1.165, 1.54) is 0 Å². The van der Waals surface area contributed by atoms with E-state index in [0.717, 1.165) is 28.3 Å². The highest BCUT2D eigenvalue weighted by Crippen LogP contribution is 2.29. The van der Waals surface area contributed by atoms with Gasteiger partial charge in [-0.25, -0.2) is 4.98 Å². The van der Waals surface area contributed by atoms with Crippen LogP contribution in [0.15, 0.2) is 48.7 Å². The predicted octanol–water partition coefficient (Wildman–Crippen LogP) is 3.66. The van der Waals surface area contributed by atoms with E-state index in [-0.39, 0.29) is 5.91 Å². The lowest BCUT2D eigenvalue weighted by Crippen LogP contribution is -2.12. The molecular weight excluding hydrogens is 262 g/mol. The summed E-state index contributed by atoms with van der Waals surface area (Å²) in [6.07, 6.45) is 2.36. The summed E-state index contributed by atoms with van der Waals surface area (Å²) in [5.74, 6) is 0.710. The number of carbonyl (C=O) groups excluding carboxylic acids is 1. The number of aryl methyl sites for hydroxylation is 1. The molecule has 3 aromatic rings. The maximum atomic E-state index is 11.8. The van der Waals surface area contributed by atoms with Gasteiger partial charge in [0, 0.05) is 18.2 Å². The lowest BCUT2D eigenvalue weighted by atomic mass is 10.1. The van der Waals surface area contributed by atoms with Crippen LogP contribution < -0.4 is 5.32 Å². The first-order valence-corrected chi connectivity index (χ1v) is 7.03. The highest BCUT2D eigenvalue weighted by molar-refractivity contribution is 5.94. The van der Waals surface area contributed by atoms with E-state index in [1.807, 2.05) is 66.9 Å². The third-order valence-electron chi connectivity index (χ3n) is 3.47. The van der Waals surface area contributed by atoms with Crippen LogP contribution in [0.1, 0.15) is 18.9 Å². The van der Waals surface area contributed by atoms with Crippen LogP contribution in [0.5, 0.6) is 0 Å². The van der Waals surface area contributed by atoms with Gasteiger partial charge in [-0.1, -0.05) is 43.3 Å². The molecule has 0 radical (unpaired) electrons. The molecule has 0 aliphatic heterocycles. The SMILES string of the molecule is CCC(=O)Nc1c(-c2ccccc2)nc2c(C)cccn12. The smallest absolute Gasteiger partial charge is 0.225 e. The number of rotatable bonds is 3. The first-order chi connectivity index (χ1) is 10.2. The van der Waals surface area contributed by atoms with Crippen LogP contribution in [-0.2, 0) is 4.79 Å². The number of pyridine rings is 1. The number of nitrogens with one attached hydrogen (secondary N) is 1. The molecule has 0 spiro atoms. The highest BCUT2D eigenvalue weighted by Gasteiger charge is 2.16. The molecular formula is C17H17N3O. The lowest BCUT2D eigenvalue weighted by Gasteiger charge is -2.06. The second-order valence-electron chi connectivity index (χ2n) is 4.96. The number of fused-ring (bicyclic) bond motifs is 1. The fourth-order valence-corrected chi connectivity index (χ4v) is 2.34. The largest absolute Gasteiger partial charge is 0.310 e. The van der Waals surface area contributed by atoms with Crippen molar-refractivity contribution < 1.29 is 4.79 Å². The molecule has 4 heteroatoms. The zero-order valence-corrected chi connectivity index (χ0v) is 12.1. The molecule has 1 N–H and O–H groups in total. The van der Waals surface area contributed by atoms with E-state index in [0.29, 0.717) is 6.42 Å². The Morgan fingerprint density at radius 1 is 1.19 bits per heavy atom. The minimum absolute atomic E-state index is 0.0181. The quantitative estimate of drug-likeness (QED) is 0.795. The van der Waals surface area contributed by atoms with E-state index in [4.69, 9.17) is 4.98 Å². The molecule has 106 valence electrons. The molecule has 0 bridgehead atoms. The van der Waals surface area contributed by atoms with Gasteiger partial charge in [0.2, 0.25) is 5.91 Å².